The Kier molecular flexibility index (Phi) is 4.01. The number of furan rings is 1. The molecular formula is C10H14ClNO2. The third kappa shape index (κ3) is 2.77. The molecule has 1 amide bonds. The Morgan fingerprint density at radius 1 is 1.64 bits per heavy atom. The van der Waals surface area contributed by atoms with Crippen molar-refractivity contribution >= 4 is 17.5 Å². The number of nitrogens with one attached hydrogen (secondary N) is 1. The highest BCUT2D eigenvalue weighted by molar-refractivity contribution is 6.18. The summed E-state index contributed by atoms with van der Waals surface area (Å²) in [7, 11) is 0. The lowest BCUT2D eigenvalue weighted by Crippen LogP contribution is -2.35. The molecule has 78 valence electrons. The molecule has 0 aliphatic heterocycles. The average Bonchev–Trinajstić information content (AvgIpc) is 2.61. The summed E-state index contributed by atoms with van der Waals surface area (Å²) in [6.45, 7) is 3.77. The fraction of sp³-hybridized carbons (Fsp3) is 0.500. The summed E-state index contributed by atoms with van der Waals surface area (Å²) in [6, 6.07) is 3.43. The van der Waals surface area contributed by atoms with Crippen molar-refractivity contribution in [2.45, 2.75) is 26.3 Å². The molecule has 0 fully saturated rings. The lowest BCUT2D eigenvalue weighted by molar-refractivity contribution is 0.0910. The van der Waals surface area contributed by atoms with Crippen LogP contribution in [0.25, 0.3) is 0 Å². The van der Waals surface area contributed by atoms with E-state index in [1.165, 1.54) is 0 Å². The molecule has 0 radical (unpaired) electrons. The molecule has 0 spiro atoms. The second kappa shape index (κ2) is 5.05. The van der Waals surface area contributed by atoms with Crippen molar-refractivity contribution in [2.75, 3.05) is 5.88 Å². The maximum atomic E-state index is 11.5. The van der Waals surface area contributed by atoms with Crippen LogP contribution in [0.1, 0.15) is 29.7 Å². The van der Waals surface area contributed by atoms with Crippen molar-refractivity contribution in [2.24, 2.45) is 0 Å². The van der Waals surface area contributed by atoms with Gasteiger partial charge in [-0.2, -0.15) is 0 Å². The zero-order chi connectivity index (χ0) is 10.6. The number of carbonyl (C=O) groups is 1. The van der Waals surface area contributed by atoms with Crippen molar-refractivity contribution in [3.05, 3.63) is 23.7 Å². The molecule has 1 N–H and O–H groups in total. The van der Waals surface area contributed by atoms with Gasteiger partial charge in [0.25, 0.3) is 5.91 Å². The molecule has 0 aromatic carbocycles. The molecule has 1 aromatic rings. The average molecular weight is 216 g/mol. The van der Waals surface area contributed by atoms with Gasteiger partial charge in [0.15, 0.2) is 5.76 Å². The molecule has 1 atom stereocenters. The summed E-state index contributed by atoms with van der Waals surface area (Å²) in [6.07, 6.45) is 0.814. The number of aryl methyl sites for hydroxylation is 1. The van der Waals surface area contributed by atoms with E-state index in [4.69, 9.17) is 16.0 Å². The summed E-state index contributed by atoms with van der Waals surface area (Å²) in [4.78, 5) is 11.5. The van der Waals surface area contributed by atoms with Gasteiger partial charge in [0, 0.05) is 11.9 Å². The van der Waals surface area contributed by atoms with E-state index < -0.39 is 0 Å². The number of halogens is 1. The van der Waals surface area contributed by atoms with E-state index in [0.717, 1.165) is 12.2 Å². The first-order valence-electron chi connectivity index (χ1n) is 4.60. The zero-order valence-electron chi connectivity index (χ0n) is 8.34. The van der Waals surface area contributed by atoms with Crippen LogP contribution in [0.3, 0.4) is 0 Å². The topological polar surface area (TPSA) is 42.2 Å². The smallest absolute Gasteiger partial charge is 0.287 e. The van der Waals surface area contributed by atoms with Gasteiger partial charge in [0.2, 0.25) is 0 Å². The van der Waals surface area contributed by atoms with Gasteiger partial charge >= 0.3 is 0 Å². The summed E-state index contributed by atoms with van der Waals surface area (Å²) >= 11 is 5.66. The first kappa shape index (κ1) is 11.1. The predicted octanol–water partition coefficient (Wildman–Crippen LogP) is 2.34. The van der Waals surface area contributed by atoms with Gasteiger partial charge in [-0.05, 0) is 25.5 Å². The number of amides is 1. The van der Waals surface area contributed by atoms with Crippen LogP contribution >= 0.6 is 11.6 Å². The molecule has 0 saturated carbocycles. The van der Waals surface area contributed by atoms with Crippen molar-refractivity contribution < 1.29 is 9.21 Å². The van der Waals surface area contributed by atoms with Crippen LogP contribution in [0.4, 0.5) is 0 Å². The van der Waals surface area contributed by atoms with E-state index >= 15 is 0 Å². The van der Waals surface area contributed by atoms with Crippen molar-refractivity contribution in [1.82, 2.24) is 5.32 Å². The molecule has 0 aliphatic rings. The zero-order valence-corrected chi connectivity index (χ0v) is 9.10. The molecule has 1 unspecified atom stereocenters. The van der Waals surface area contributed by atoms with Crippen LogP contribution < -0.4 is 5.32 Å². The second-order valence-corrected chi connectivity index (χ2v) is 3.45. The molecule has 3 nitrogen and oxygen atoms in total. The summed E-state index contributed by atoms with van der Waals surface area (Å²) in [5, 5.41) is 2.78. The van der Waals surface area contributed by atoms with Crippen molar-refractivity contribution in [1.29, 1.82) is 0 Å². The Labute approximate surface area is 88.4 Å². The summed E-state index contributed by atoms with van der Waals surface area (Å²) in [5.74, 6) is 1.29. The highest BCUT2D eigenvalue weighted by atomic mass is 35.5. The second-order valence-electron chi connectivity index (χ2n) is 3.14. The molecule has 0 aliphatic carbocycles. The van der Waals surface area contributed by atoms with Gasteiger partial charge in [0.1, 0.15) is 5.76 Å². The molecular weight excluding hydrogens is 202 g/mol. The normalized spacial score (nSPS) is 12.5. The minimum absolute atomic E-state index is 0.00886. The van der Waals surface area contributed by atoms with Gasteiger partial charge < -0.3 is 9.73 Å². The van der Waals surface area contributed by atoms with Crippen LogP contribution in [-0.2, 0) is 0 Å². The maximum absolute atomic E-state index is 11.5. The number of carbonyl (C=O) groups excluding carboxylic acids is 1. The molecule has 0 bridgehead atoms. The minimum Gasteiger partial charge on any atom is -0.456 e. The number of rotatable bonds is 4. The van der Waals surface area contributed by atoms with E-state index in [1.807, 2.05) is 6.92 Å². The lowest BCUT2D eigenvalue weighted by atomic mass is 10.2. The summed E-state index contributed by atoms with van der Waals surface area (Å²) < 4.78 is 5.18. The van der Waals surface area contributed by atoms with Gasteiger partial charge in [-0.15, -0.1) is 11.6 Å². The Hall–Kier alpha value is -0.960. The van der Waals surface area contributed by atoms with E-state index in [2.05, 4.69) is 5.32 Å². The molecule has 1 rings (SSSR count). The van der Waals surface area contributed by atoms with Crippen LogP contribution in [0.2, 0.25) is 0 Å². The Morgan fingerprint density at radius 2 is 2.36 bits per heavy atom. The monoisotopic (exact) mass is 215 g/mol. The van der Waals surface area contributed by atoms with Crippen LogP contribution in [0.15, 0.2) is 16.5 Å². The van der Waals surface area contributed by atoms with Gasteiger partial charge in [0.05, 0.1) is 0 Å². The van der Waals surface area contributed by atoms with Gasteiger partial charge in [-0.1, -0.05) is 6.92 Å². The van der Waals surface area contributed by atoms with E-state index in [9.17, 15) is 4.79 Å². The molecule has 1 aromatic heterocycles. The van der Waals surface area contributed by atoms with Crippen molar-refractivity contribution in [3.63, 3.8) is 0 Å². The highest BCUT2D eigenvalue weighted by Gasteiger charge is 2.13. The van der Waals surface area contributed by atoms with Crippen LogP contribution in [-0.4, -0.2) is 17.8 Å². The van der Waals surface area contributed by atoms with Gasteiger partial charge in [-0.3, -0.25) is 4.79 Å². The Bertz CT molecular complexity index is 305. The molecule has 0 saturated heterocycles. The fourth-order valence-electron chi connectivity index (χ4n) is 1.06. The minimum atomic E-state index is -0.203. The Balaban J connectivity index is 2.58. The molecule has 14 heavy (non-hydrogen) atoms. The molecule has 4 heteroatoms. The third-order valence-corrected chi connectivity index (χ3v) is 2.35. The number of hydrogen-bond acceptors (Lipinski definition) is 2. The van der Waals surface area contributed by atoms with Crippen molar-refractivity contribution in [3.8, 4) is 0 Å². The number of alkyl halides is 1. The van der Waals surface area contributed by atoms with Gasteiger partial charge in [-0.25, -0.2) is 0 Å². The standard InChI is InChI=1S/C10H14ClNO2/c1-3-8(6-11)12-10(13)9-5-4-7(2)14-9/h4-5,8H,3,6H2,1-2H3,(H,12,13). The van der Waals surface area contributed by atoms with E-state index in [1.54, 1.807) is 19.1 Å². The SMILES string of the molecule is CCC(CCl)NC(=O)c1ccc(C)o1. The fourth-order valence-corrected chi connectivity index (χ4v) is 1.36. The maximum Gasteiger partial charge on any atom is 0.287 e. The first-order chi connectivity index (χ1) is 6.67. The number of hydrogen-bond donors (Lipinski definition) is 1. The van der Waals surface area contributed by atoms with Crippen LogP contribution in [0, 0.1) is 6.92 Å². The third-order valence-electron chi connectivity index (χ3n) is 1.98. The summed E-state index contributed by atoms with van der Waals surface area (Å²) in [5.41, 5.74) is 0. The Morgan fingerprint density at radius 3 is 2.79 bits per heavy atom. The highest BCUT2D eigenvalue weighted by Crippen LogP contribution is 2.06. The van der Waals surface area contributed by atoms with Crippen LogP contribution in [0.5, 0.6) is 0 Å². The van der Waals surface area contributed by atoms with E-state index in [0.29, 0.717) is 11.6 Å². The predicted molar refractivity (Wildman–Crippen MR) is 55.7 cm³/mol. The first-order valence-corrected chi connectivity index (χ1v) is 5.14. The van der Waals surface area contributed by atoms with E-state index in [-0.39, 0.29) is 11.9 Å². The quantitative estimate of drug-likeness (QED) is 0.784. The lowest BCUT2D eigenvalue weighted by Gasteiger charge is -2.11. The molecule has 1 heterocycles. The largest absolute Gasteiger partial charge is 0.456 e.